The topological polar surface area (TPSA) is 57.4 Å². The van der Waals surface area contributed by atoms with Crippen LogP contribution < -0.4 is 0 Å². The lowest BCUT2D eigenvalue weighted by Gasteiger charge is -2.06. The maximum atomic E-state index is 6.09. The van der Waals surface area contributed by atoms with Crippen molar-refractivity contribution in [1.29, 1.82) is 0 Å². The number of aromatic amines is 2. The molecule has 0 aliphatic heterocycles. The van der Waals surface area contributed by atoms with E-state index in [4.69, 9.17) is 16.6 Å². The second kappa shape index (κ2) is 7.15. The Morgan fingerprint density at radius 2 is 1.43 bits per heavy atom. The van der Waals surface area contributed by atoms with E-state index in [1.165, 1.54) is 16.7 Å². The van der Waals surface area contributed by atoms with E-state index in [0.29, 0.717) is 5.02 Å². The summed E-state index contributed by atoms with van der Waals surface area (Å²) in [6, 6.07) is 20.3. The molecule has 5 aromatic rings. The molecular weight excluding hydrogens is 392 g/mol. The van der Waals surface area contributed by atoms with Crippen LogP contribution in [0.4, 0.5) is 0 Å². The lowest BCUT2D eigenvalue weighted by molar-refractivity contribution is 1.23. The van der Waals surface area contributed by atoms with Crippen molar-refractivity contribution < 1.29 is 0 Å². The Morgan fingerprint density at radius 1 is 0.733 bits per heavy atom. The molecule has 0 saturated carbocycles. The molecule has 0 radical (unpaired) electrons. The van der Waals surface area contributed by atoms with Crippen molar-refractivity contribution in [2.24, 2.45) is 0 Å². The molecule has 0 unspecified atom stereocenters. The fraction of sp³-hybridized carbons (Fsp3) is 0.120. The van der Waals surface area contributed by atoms with Crippen molar-refractivity contribution in [3.8, 4) is 34.0 Å². The van der Waals surface area contributed by atoms with Gasteiger partial charge in [-0.2, -0.15) is 0 Å². The largest absolute Gasteiger partial charge is 0.342 e. The zero-order chi connectivity index (χ0) is 20.8. The summed E-state index contributed by atoms with van der Waals surface area (Å²) >= 11 is 6.09. The molecule has 3 aromatic carbocycles. The molecule has 0 atom stereocenters. The third-order valence-corrected chi connectivity index (χ3v) is 5.71. The molecule has 2 heterocycles. The van der Waals surface area contributed by atoms with E-state index in [9.17, 15) is 0 Å². The summed E-state index contributed by atoms with van der Waals surface area (Å²) in [5, 5.41) is 0.696. The van der Waals surface area contributed by atoms with Crippen LogP contribution in [0.2, 0.25) is 5.02 Å². The Kier molecular flexibility index (Phi) is 4.44. The molecular formula is C25H21ClN4. The van der Waals surface area contributed by atoms with Crippen LogP contribution in [0.25, 0.3) is 45.1 Å². The quantitative estimate of drug-likeness (QED) is 0.340. The summed E-state index contributed by atoms with van der Waals surface area (Å²) < 4.78 is 0. The first kappa shape index (κ1) is 18.6. The van der Waals surface area contributed by atoms with Crippen molar-refractivity contribution in [3.05, 3.63) is 82.5 Å². The minimum Gasteiger partial charge on any atom is -0.342 e. The molecule has 30 heavy (non-hydrogen) atoms. The first-order chi connectivity index (χ1) is 14.5. The van der Waals surface area contributed by atoms with Crippen LogP contribution in [0, 0.1) is 20.8 Å². The number of nitrogens with one attached hydrogen (secondary N) is 2. The predicted octanol–water partition coefficient (Wildman–Crippen LogP) is 6.87. The Morgan fingerprint density at radius 3 is 2.17 bits per heavy atom. The minimum absolute atomic E-state index is 0.696. The molecule has 2 aromatic heterocycles. The number of nitrogens with zero attached hydrogens (tertiary/aromatic N) is 2. The first-order valence-electron chi connectivity index (χ1n) is 9.89. The monoisotopic (exact) mass is 412 g/mol. The van der Waals surface area contributed by atoms with Crippen molar-refractivity contribution in [2.75, 3.05) is 0 Å². The highest BCUT2D eigenvalue weighted by atomic mass is 35.5. The summed E-state index contributed by atoms with van der Waals surface area (Å²) in [6.07, 6.45) is 0. The maximum Gasteiger partial charge on any atom is 0.138 e. The van der Waals surface area contributed by atoms with Gasteiger partial charge in [-0.3, -0.25) is 0 Å². The summed E-state index contributed by atoms with van der Waals surface area (Å²) in [4.78, 5) is 16.4. The normalized spacial score (nSPS) is 11.3. The average Bonchev–Trinajstić information content (AvgIpc) is 3.31. The van der Waals surface area contributed by atoms with E-state index in [1.807, 2.05) is 18.2 Å². The Labute approximate surface area is 180 Å². The van der Waals surface area contributed by atoms with Gasteiger partial charge in [0.25, 0.3) is 0 Å². The zero-order valence-corrected chi connectivity index (χ0v) is 17.8. The number of fused-ring (bicyclic) bond motifs is 1. The maximum absolute atomic E-state index is 6.09. The Balaban J connectivity index is 1.50. The third-order valence-electron chi connectivity index (χ3n) is 5.48. The average molecular weight is 413 g/mol. The molecule has 4 nitrogen and oxygen atoms in total. The number of imidazole rings is 2. The van der Waals surface area contributed by atoms with Crippen molar-refractivity contribution in [2.45, 2.75) is 20.8 Å². The molecule has 0 amide bonds. The van der Waals surface area contributed by atoms with E-state index < -0.39 is 0 Å². The highest BCUT2D eigenvalue weighted by Gasteiger charge is 2.14. The number of halogens is 1. The van der Waals surface area contributed by atoms with Gasteiger partial charge in [-0.25, -0.2) is 9.97 Å². The molecule has 2 N–H and O–H groups in total. The second-order valence-corrected chi connectivity index (χ2v) is 8.09. The van der Waals surface area contributed by atoms with Gasteiger partial charge in [-0.15, -0.1) is 0 Å². The second-order valence-electron chi connectivity index (χ2n) is 7.65. The van der Waals surface area contributed by atoms with Crippen molar-refractivity contribution in [1.82, 2.24) is 19.9 Å². The number of rotatable bonds is 3. The number of benzene rings is 3. The molecule has 5 rings (SSSR count). The van der Waals surface area contributed by atoms with Crippen LogP contribution >= 0.6 is 11.6 Å². The van der Waals surface area contributed by atoms with Crippen LogP contribution in [-0.2, 0) is 0 Å². The Hall–Kier alpha value is -3.37. The van der Waals surface area contributed by atoms with Gasteiger partial charge in [0.05, 0.1) is 16.7 Å². The van der Waals surface area contributed by atoms with Crippen LogP contribution in [0.15, 0.2) is 60.7 Å². The van der Waals surface area contributed by atoms with Gasteiger partial charge >= 0.3 is 0 Å². The van der Waals surface area contributed by atoms with Crippen molar-refractivity contribution in [3.63, 3.8) is 0 Å². The summed E-state index contributed by atoms with van der Waals surface area (Å²) in [5.74, 6) is 1.74. The van der Waals surface area contributed by atoms with Crippen LogP contribution in [0.3, 0.4) is 0 Å². The summed E-state index contributed by atoms with van der Waals surface area (Å²) in [7, 11) is 0. The summed E-state index contributed by atoms with van der Waals surface area (Å²) in [6.45, 7) is 6.31. The van der Waals surface area contributed by atoms with E-state index in [2.05, 4.69) is 78.2 Å². The molecule has 0 bridgehead atoms. The number of aromatic nitrogens is 4. The molecule has 5 heteroatoms. The molecule has 0 fully saturated rings. The Bertz CT molecular complexity index is 1360. The zero-order valence-electron chi connectivity index (χ0n) is 17.0. The fourth-order valence-corrected chi connectivity index (χ4v) is 4.12. The molecule has 0 aliphatic carbocycles. The first-order valence-corrected chi connectivity index (χ1v) is 10.3. The number of H-pyrrole nitrogens is 2. The van der Waals surface area contributed by atoms with Gasteiger partial charge < -0.3 is 9.97 Å². The number of aryl methyl sites for hydroxylation is 3. The van der Waals surface area contributed by atoms with E-state index in [-0.39, 0.29) is 0 Å². The molecule has 148 valence electrons. The fourth-order valence-electron chi connectivity index (χ4n) is 3.95. The SMILES string of the molecule is Cc1cccc(C)c1-c1nc(-c2ccc(-c3nc4ccc(Cl)cc4[nH]3)cc2)c(C)[nH]1. The molecule has 0 saturated heterocycles. The lowest BCUT2D eigenvalue weighted by Crippen LogP contribution is -1.89. The van der Waals surface area contributed by atoms with Crippen LogP contribution in [0.1, 0.15) is 16.8 Å². The lowest BCUT2D eigenvalue weighted by atomic mass is 10.0. The van der Waals surface area contributed by atoms with Gasteiger partial charge in [0.15, 0.2) is 0 Å². The van der Waals surface area contributed by atoms with Gasteiger partial charge in [-0.05, 0) is 50.1 Å². The van der Waals surface area contributed by atoms with E-state index in [1.54, 1.807) is 0 Å². The standard InChI is InChI=1S/C25H21ClN4/c1-14-5-4-6-15(2)22(14)25-27-16(3)23(30-25)17-7-9-18(10-8-17)24-28-20-12-11-19(26)13-21(20)29-24/h4-13H,1-3H3,(H,27,30)(H,28,29). The number of hydrogen-bond acceptors (Lipinski definition) is 2. The minimum atomic E-state index is 0.696. The number of hydrogen-bond donors (Lipinski definition) is 2. The van der Waals surface area contributed by atoms with Gasteiger partial charge in [-0.1, -0.05) is 54.1 Å². The third kappa shape index (κ3) is 3.19. The molecule has 0 aliphatic rings. The highest BCUT2D eigenvalue weighted by Crippen LogP contribution is 2.31. The highest BCUT2D eigenvalue weighted by molar-refractivity contribution is 6.31. The van der Waals surface area contributed by atoms with Crippen LogP contribution in [-0.4, -0.2) is 19.9 Å². The van der Waals surface area contributed by atoms with Crippen molar-refractivity contribution >= 4 is 22.6 Å². The van der Waals surface area contributed by atoms with E-state index >= 15 is 0 Å². The van der Waals surface area contributed by atoms with Gasteiger partial charge in [0.2, 0.25) is 0 Å². The van der Waals surface area contributed by atoms with Gasteiger partial charge in [0, 0.05) is 27.4 Å². The van der Waals surface area contributed by atoms with Crippen LogP contribution in [0.5, 0.6) is 0 Å². The predicted molar refractivity (Wildman–Crippen MR) is 124 cm³/mol. The van der Waals surface area contributed by atoms with Gasteiger partial charge in [0.1, 0.15) is 11.6 Å². The smallest absolute Gasteiger partial charge is 0.138 e. The summed E-state index contributed by atoms with van der Waals surface area (Å²) in [5.41, 5.74) is 9.56. The molecule has 0 spiro atoms. The van der Waals surface area contributed by atoms with E-state index in [0.717, 1.165) is 45.2 Å².